The molecule has 1 N–H and O–H groups in total. The maximum absolute atomic E-state index is 13.5. The lowest BCUT2D eigenvalue weighted by molar-refractivity contribution is -0.119. The van der Waals surface area contributed by atoms with Crippen LogP contribution in [0.5, 0.6) is 0 Å². The van der Waals surface area contributed by atoms with E-state index in [-0.39, 0.29) is 18.1 Å². The molecule has 0 radical (unpaired) electrons. The van der Waals surface area contributed by atoms with Crippen LogP contribution in [0.4, 0.5) is 5.69 Å². The van der Waals surface area contributed by atoms with E-state index < -0.39 is 12.0 Å². The van der Waals surface area contributed by atoms with Gasteiger partial charge in [0, 0.05) is 21.7 Å². The van der Waals surface area contributed by atoms with Gasteiger partial charge in [0.25, 0.3) is 5.56 Å². The zero-order valence-electron chi connectivity index (χ0n) is 18.6. The molecule has 4 aromatic rings. The van der Waals surface area contributed by atoms with Crippen LogP contribution in [0.2, 0.25) is 5.02 Å². The normalized spacial score (nSPS) is 11.9. The first-order valence-electron chi connectivity index (χ1n) is 10.7. The molecule has 0 aliphatic heterocycles. The van der Waals surface area contributed by atoms with E-state index in [1.807, 2.05) is 24.4 Å². The molecule has 9 heteroatoms. The highest BCUT2D eigenvalue weighted by atomic mass is 35.5. The number of nitrogens with one attached hydrogen (secondary N) is 1. The van der Waals surface area contributed by atoms with E-state index in [1.165, 1.54) is 22.2 Å². The number of ether oxygens (including phenoxy) is 1. The molecule has 0 fully saturated rings. The second-order valence-electron chi connectivity index (χ2n) is 7.51. The lowest BCUT2D eigenvalue weighted by atomic mass is 10.1. The molecule has 1 unspecified atom stereocenters. The molecule has 4 rings (SSSR count). The van der Waals surface area contributed by atoms with Crippen LogP contribution in [0.3, 0.4) is 0 Å². The molecule has 7 nitrogen and oxygen atoms in total. The van der Waals surface area contributed by atoms with Crippen LogP contribution in [0, 0.1) is 0 Å². The molecule has 0 bridgehead atoms. The molecule has 0 aliphatic carbocycles. The van der Waals surface area contributed by atoms with Crippen molar-refractivity contribution in [2.24, 2.45) is 0 Å². The predicted molar refractivity (Wildman–Crippen MR) is 135 cm³/mol. The summed E-state index contributed by atoms with van der Waals surface area (Å²) in [5.74, 6) is -0.848. The summed E-state index contributed by atoms with van der Waals surface area (Å²) in [6.07, 6.45) is 1.78. The van der Waals surface area contributed by atoms with E-state index in [2.05, 4.69) is 10.3 Å². The smallest absolute Gasteiger partial charge is 0.338 e. The first-order valence-corrected chi connectivity index (χ1v) is 12.0. The first-order chi connectivity index (χ1) is 16.4. The number of nitrogens with zero attached hydrogens (tertiary/aromatic N) is 2. The zero-order chi connectivity index (χ0) is 24.2. The highest BCUT2D eigenvalue weighted by Crippen LogP contribution is 2.31. The molecule has 174 valence electrons. The number of thiophene rings is 1. The van der Waals surface area contributed by atoms with Crippen molar-refractivity contribution in [1.82, 2.24) is 9.55 Å². The fourth-order valence-electron chi connectivity index (χ4n) is 3.68. The van der Waals surface area contributed by atoms with Crippen LogP contribution in [-0.2, 0) is 9.53 Å². The van der Waals surface area contributed by atoms with E-state index in [0.717, 1.165) is 11.1 Å². The number of benzene rings is 2. The number of fused-ring (bicyclic) bond motifs is 1. The van der Waals surface area contributed by atoms with Crippen LogP contribution < -0.4 is 10.9 Å². The average Bonchev–Trinajstić information content (AvgIpc) is 3.27. The Morgan fingerprint density at radius 2 is 1.94 bits per heavy atom. The molecule has 34 heavy (non-hydrogen) atoms. The Kier molecular flexibility index (Phi) is 7.09. The minimum Gasteiger partial charge on any atom is -0.462 e. The highest BCUT2D eigenvalue weighted by molar-refractivity contribution is 7.17. The van der Waals surface area contributed by atoms with E-state index in [1.54, 1.807) is 43.3 Å². The van der Waals surface area contributed by atoms with E-state index in [0.29, 0.717) is 32.9 Å². The van der Waals surface area contributed by atoms with E-state index in [4.69, 9.17) is 16.3 Å². The molecule has 2 aromatic heterocycles. The molecule has 1 atom stereocenters. The number of hydrogen-bond acceptors (Lipinski definition) is 6. The van der Waals surface area contributed by atoms with E-state index in [9.17, 15) is 14.4 Å². The van der Waals surface area contributed by atoms with Crippen LogP contribution >= 0.6 is 22.9 Å². The average molecular weight is 496 g/mol. The second-order valence-corrected chi connectivity index (χ2v) is 8.80. The monoisotopic (exact) mass is 495 g/mol. The summed E-state index contributed by atoms with van der Waals surface area (Å²) in [5, 5.41) is 5.76. The maximum Gasteiger partial charge on any atom is 0.338 e. The molecular weight excluding hydrogens is 474 g/mol. The van der Waals surface area contributed by atoms with Gasteiger partial charge in [0.1, 0.15) is 10.9 Å². The van der Waals surface area contributed by atoms with Gasteiger partial charge in [-0.2, -0.15) is 0 Å². The molecule has 0 aliphatic rings. The summed E-state index contributed by atoms with van der Waals surface area (Å²) in [5.41, 5.74) is 2.08. The summed E-state index contributed by atoms with van der Waals surface area (Å²) in [7, 11) is 0. The topological polar surface area (TPSA) is 90.3 Å². The number of carbonyl (C=O) groups excluding carboxylic acids is 2. The van der Waals surface area contributed by atoms with Crippen molar-refractivity contribution in [2.75, 3.05) is 11.9 Å². The molecule has 0 spiro atoms. The Morgan fingerprint density at radius 1 is 1.18 bits per heavy atom. The van der Waals surface area contributed by atoms with Gasteiger partial charge in [-0.1, -0.05) is 36.7 Å². The number of hydrogen-bond donors (Lipinski definition) is 1. The van der Waals surface area contributed by atoms with Crippen LogP contribution in [0.25, 0.3) is 21.3 Å². The van der Waals surface area contributed by atoms with Gasteiger partial charge < -0.3 is 10.1 Å². The number of carbonyl (C=O) groups is 2. The maximum atomic E-state index is 13.5. The molecule has 2 aromatic carbocycles. The van der Waals surface area contributed by atoms with Gasteiger partial charge in [-0.15, -0.1) is 11.3 Å². The number of amides is 1. The summed E-state index contributed by atoms with van der Waals surface area (Å²) in [6.45, 7) is 3.81. The van der Waals surface area contributed by atoms with Gasteiger partial charge >= 0.3 is 5.97 Å². The third kappa shape index (κ3) is 4.73. The van der Waals surface area contributed by atoms with Crippen molar-refractivity contribution in [1.29, 1.82) is 0 Å². The van der Waals surface area contributed by atoms with Crippen molar-refractivity contribution in [2.45, 2.75) is 26.3 Å². The number of halogens is 1. The molecule has 0 saturated heterocycles. The molecular formula is C25H22ClN3O4S. The Balaban J connectivity index is 1.67. The Hall–Kier alpha value is -3.49. The minimum absolute atomic E-state index is 0.256. The number of rotatable bonds is 7. The number of esters is 1. The summed E-state index contributed by atoms with van der Waals surface area (Å²) in [4.78, 5) is 43.7. The van der Waals surface area contributed by atoms with E-state index >= 15 is 0 Å². The number of aromatic nitrogens is 2. The lowest BCUT2D eigenvalue weighted by Crippen LogP contribution is -2.33. The fraction of sp³-hybridized carbons (Fsp3) is 0.200. The summed E-state index contributed by atoms with van der Waals surface area (Å²) >= 11 is 7.38. The standard InChI is InChI=1S/C25H22ClN3O4S/c1-3-20(22(30)28-18-7-5-6-16(12-18)25(32)33-4-2)29-14-27-23-21(24(29)31)19(13-34-23)15-8-10-17(26)11-9-15/h5-14,20H,3-4H2,1-2H3,(H,28,30). The van der Waals surface area contributed by atoms with Gasteiger partial charge in [-0.3, -0.25) is 14.2 Å². The second kappa shape index (κ2) is 10.2. The SMILES string of the molecule is CCOC(=O)c1cccc(NC(=O)C(CC)n2cnc3scc(-c4ccc(Cl)cc4)c3c2=O)c1. The van der Waals surface area contributed by atoms with Crippen LogP contribution in [0.1, 0.15) is 36.7 Å². The highest BCUT2D eigenvalue weighted by Gasteiger charge is 2.23. The van der Waals surface area contributed by atoms with Gasteiger partial charge in [-0.05, 0) is 49.2 Å². The van der Waals surface area contributed by atoms with Gasteiger partial charge in [0.15, 0.2) is 0 Å². The van der Waals surface area contributed by atoms with Gasteiger partial charge in [-0.25, -0.2) is 9.78 Å². The van der Waals surface area contributed by atoms with Crippen LogP contribution in [0.15, 0.2) is 65.0 Å². The van der Waals surface area contributed by atoms with Crippen molar-refractivity contribution in [3.8, 4) is 11.1 Å². The summed E-state index contributed by atoms with van der Waals surface area (Å²) < 4.78 is 6.38. The Morgan fingerprint density at radius 3 is 2.65 bits per heavy atom. The summed E-state index contributed by atoms with van der Waals surface area (Å²) in [6, 6.07) is 12.9. The quantitative estimate of drug-likeness (QED) is 0.340. The third-order valence-corrected chi connectivity index (χ3v) is 6.48. The van der Waals surface area contributed by atoms with Gasteiger partial charge in [0.2, 0.25) is 5.91 Å². The first kappa shape index (κ1) is 23.7. The Labute approximate surface area is 205 Å². The largest absolute Gasteiger partial charge is 0.462 e. The van der Waals surface area contributed by atoms with Crippen molar-refractivity contribution >= 4 is 50.7 Å². The van der Waals surface area contributed by atoms with Crippen molar-refractivity contribution < 1.29 is 14.3 Å². The molecule has 0 saturated carbocycles. The van der Waals surface area contributed by atoms with Gasteiger partial charge in [0.05, 0.1) is 23.9 Å². The van der Waals surface area contributed by atoms with Crippen LogP contribution in [-0.4, -0.2) is 28.0 Å². The predicted octanol–water partition coefficient (Wildman–Crippen LogP) is 5.54. The van der Waals surface area contributed by atoms with Crippen molar-refractivity contribution in [3.63, 3.8) is 0 Å². The lowest BCUT2D eigenvalue weighted by Gasteiger charge is -2.18. The third-order valence-electron chi connectivity index (χ3n) is 5.34. The van der Waals surface area contributed by atoms with Crippen molar-refractivity contribution in [3.05, 3.63) is 81.2 Å². The zero-order valence-corrected chi connectivity index (χ0v) is 20.2. The molecule has 2 heterocycles. The Bertz CT molecular complexity index is 1410. The minimum atomic E-state index is -0.784. The number of anilines is 1. The molecule has 1 amide bonds. The fourth-order valence-corrected chi connectivity index (χ4v) is 4.71.